The molecule has 5 nitrogen and oxygen atoms in total. The van der Waals surface area contributed by atoms with Crippen LogP contribution in [0.25, 0.3) is 0 Å². The second kappa shape index (κ2) is 2.92. The van der Waals surface area contributed by atoms with Gasteiger partial charge in [-0.15, -0.1) is 0 Å². The molecule has 1 saturated heterocycles. The van der Waals surface area contributed by atoms with Crippen LogP contribution in [0, 0.1) is 11.8 Å². The van der Waals surface area contributed by atoms with Crippen molar-refractivity contribution < 1.29 is 14.4 Å². The fraction of sp³-hybridized carbons (Fsp3) is 0.571. The highest BCUT2D eigenvalue weighted by atomic mass is 16.2. The number of rotatable bonds is 1. The van der Waals surface area contributed by atoms with Crippen molar-refractivity contribution in [2.75, 3.05) is 0 Å². The third-order valence-electron chi connectivity index (χ3n) is 1.71. The lowest BCUT2D eigenvalue weighted by atomic mass is 9.93. The first kappa shape index (κ1) is 8.70. The summed E-state index contributed by atoms with van der Waals surface area (Å²) < 4.78 is 0. The van der Waals surface area contributed by atoms with Crippen LogP contribution >= 0.6 is 0 Å². The summed E-state index contributed by atoms with van der Waals surface area (Å²) >= 11 is 0. The number of carbonyl (C=O) groups excluding carboxylic acids is 3. The third-order valence-corrected chi connectivity index (χ3v) is 1.71. The fourth-order valence-electron chi connectivity index (χ4n) is 1.14. The summed E-state index contributed by atoms with van der Waals surface area (Å²) in [4.78, 5) is 32.7. The maximum absolute atomic E-state index is 11.1. The van der Waals surface area contributed by atoms with Gasteiger partial charge in [-0.1, -0.05) is 13.8 Å². The highest BCUT2D eigenvalue weighted by Gasteiger charge is 2.35. The Labute approximate surface area is 69.5 Å². The number of hydrogen-bond acceptors (Lipinski definition) is 3. The van der Waals surface area contributed by atoms with Gasteiger partial charge in [-0.05, 0) is 5.92 Å². The maximum atomic E-state index is 11.1. The van der Waals surface area contributed by atoms with E-state index in [9.17, 15) is 14.4 Å². The van der Waals surface area contributed by atoms with E-state index in [0.717, 1.165) is 0 Å². The molecule has 0 spiro atoms. The van der Waals surface area contributed by atoms with E-state index in [-0.39, 0.29) is 5.92 Å². The monoisotopic (exact) mass is 170 g/mol. The van der Waals surface area contributed by atoms with Crippen molar-refractivity contribution in [1.29, 1.82) is 0 Å². The lowest BCUT2D eigenvalue weighted by Crippen LogP contribution is -2.57. The average Bonchev–Trinajstić information content (AvgIpc) is 1.82. The molecule has 1 fully saturated rings. The van der Waals surface area contributed by atoms with Crippen LogP contribution in [0.2, 0.25) is 0 Å². The number of imide groups is 2. The molecule has 1 aliphatic rings. The van der Waals surface area contributed by atoms with Crippen LogP contribution in [0.15, 0.2) is 0 Å². The standard InChI is InChI=1S/C7H10N2O3/c1-3(2)4-5(10)8-7(12)9-6(4)11/h3-4H,1-2H3,(H2,8,9,10,11,12). The van der Waals surface area contributed by atoms with Gasteiger partial charge in [0.15, 0.2) is 0 Å². The number of barbiturate groups is 1. The topological polar surface area (TPSA) is 75.3 Å². The Morgan fingerprint density at radius 3 is 1.83 bits per heavy atom. The summed E-state index contributed by atoms with van der Waals surface area (Å²) in [5, 5.41) is 4.06. The van der Waals surface area contributed by atoms with E-state index in [2.05, 4.69) is 0 Å². The molecule has 0 bridgehead atoms. The van der Waals surface area contributed by atoms with E-state index in [4.69, 9.17) is 0 Å². The molecule has 4 amide bonds. The van der Waals surface area contributed by atoms with E-state index in [1.54, 1.807) is 13.8 Å². The number of hydrogen-bond donors (Lipinski definition) is 2. The molecular formula is C7H10N2O3. The molecule has 66 valence electrons. The van der Waals surface area contributed by atoms with Crippen molar-refractivity contribution in [2.45, 2.75) is 13.8 Å². The van der Waals surface area contributed by atoms with Crippen LogP contribution in [0.3, 0.4) is 0 Å². The Kier molecular flexibility index (Phi) is 2.12. The number of carbonyl (C=O) groups is 3. The number of amides is 4. The predicted molar refractivity (Wildman–Crippen MR) is 40.0 cm³/mol. The lowest BCUT2D eigenvalue weighted by Gasteiger charge is -2.22. The Bertz CT molecular complexity index is 227. The van der Waals surface area contributed by atoms with Crippen LogP contribution < -0.4 is 10.6 Å². The van der Waals surface area contributed by atoms with E-state index in [0.29, 0.717) is 0 Å². The van der Waals surface area contributed by atoms with Crippen LogP contribution in [0.4, 0.5) is 4.79 Å². The zero-order valence-electron chi connectivity index (χ0n) is 6.88. The Hall–Kier alpha value is -1.39. The minimum absolute atomic E-state index is 0.0990. The second-order valence-electron chi connectivity index (χ2n) is 3.03. The Morgan fingerprint density at radius 1 is 1.08 bits per heavy atom. The van der Waals surface area contributed by atoms with Gasteiger partial charge in [0.25, 0.3) is 0 Å². The summed E-state index contributed by atoms with van der Waals surface area (Å²) in [6, 6.07) is -0.734. The van der Waals surface area contributed by atoms with E-state index in [1.807, 2.05) is 10.6 Å². The molecule has 12 heavy (non-hydrogen) atoms. The molecule has 0 aromatic heterocycles. The highest BCUT2D eigenvalue weighted by molar-refractivity contribution is 6.16. The summed E-state index contributed by atoms with van der Waals surface area (Å²) in [5.74, 6) is -1.88. The molecular weight excluding hydrogens is 160 g/mol. The molecule has 1 aliphatic heterocycles. The van der Waals surface area contributed by atoms with Crippen LogP contribution in [-0.2, 0) is 9.59 Å². The SMILES string of the molecule is CC(C)C1C(=O)NC(=O)NC1=O. The third kappa shape index (κ3) is 1.44. The van der Waals surface area contributed by atoms with Crippen molar-refractivity contribution in [1.82, 2.24) is 10.6 Å². The largest absolute Gasteiger partial charge is 0.328 e. The van der Waals surface area contributed by atoms with Crippen molar-refractivity contribution >= 4 is 17.8 Å². The van der Waals surface area contributed by atoms with Crippen molar-refractivity contribution in [2.24, 2.45) is 11.8 Å². The summed E-state index contributed by atoms with van der Waals surface area (Å²) in [6.07, 6.45) is 0. The zero-order chi connectivity index (χ0) is 9.30. The minimum Gasteiger partial charge on any atom is -0.277 e. The first-order valence-electron chi connectivity index (χ1n) is 3.68. The van der Waals surface area contributed by atoms with Crippen molar-refractivity contribution in [3.05, 3.63) is 0 Å². The number of urea groups is 1. The smallest absolute Gasteiger partial charge is 0.277 e. The van der Waals surface area contributed by atoms with E-state index in [1.165, 1.54) is 0 Å². The van der Waals surface area contributed by atoms with Gasteiger partial charge in [-0.25, -0.2) is 4.79 Å². The Balaban J connectivity index is 2.81. The van der Waals surface area contributed by atoms with Gasteiger partial charge in [0.1, 0.15) is 5.92 Å². The van der Waals surface area contributed by atoms with Gasteiger partial charge in [-0.3, -0.25) is 20.2 Å². The van der Waals surface area contributed by atoms with Crippen LogP contribution in [-0.4, -0.2) is 17.8 Å². The van der Waals surface area contributed by atoms with Gasteiger partial charge in [0.2, 0.25) is 11.8 Å². The maximum Gasteiger partial charge on any atom is 0.328 e. The molecule has 1 rings (SSSR count). The second-order valence-corrected chi connectivity index (χ2v) is 3.03. The number of nitrogens with one attached hydrogen (secondary N) is 2. The molecule has 5 heteroatoms. The highest BCUT2D eigenvalue weighted by Crippen LogP contribution is 2.13. The molecule has 0 aromatic carbocycles. The Morgan fingerprint density at radius 2 is 1.50 bits per heavy atom. The van der Waals surface area contributed by atoms with Gasteiger partial charge in [0.05, 0.1) is 0 Å². The first-order chi connectivity index (χ1) is 5.52. The molecule has 1 heterocycles. The zero-order valence-corrected chi connectivity index (χ0v) is 6.88. The molecule has 0 atom stereocenters. The lowest BCUT2D eigenvalue weighted by molar-refractivity contribution is -0.137. The minimum atomic E-state index is -0.748. The van der Waals surface area contributed by atoms with Crippen LogP contribution in [0.5, 0.6) is 0 Å². The quantitative estimate of drug-likeness (QED) is 0.527. The van der Waals surface area contributed by atoms with Crippen LogP contribution in [0.1, 0.15) is 13.8 Å². The van der Waals surface area contributed by atoms with Gasteiger partial charge < -0.3 is 0 Å². The predicted octanol–water partition coefficient (Wildman–Crippen LogP) is -0.375. The van der Waals surface area contributed by atoms with E-state index >= 15 is 0 Å². The molecule has 0 radical (unpaired) electrons. The average molecular weight is 170 g/mol. The van der Waals surface area contributed by atoms with Gasteiger partial charge >= 0.3 is 6.03 Å². The van der Waals surface area contributed by atoms with E-state index < -0.39 is 23.8 Å². The summed E-state index contributed by atoms with van der Waals surface area (Å²) in [7, 11) is 0. The van der Waals surface area contributed by atoms with Gasteiger partial charge in [0, 0.05) is 0 Å². The summed E-state index contributed by atoms with van der Waals surface area (Å²) in [6.45, 7) is 3.50. The molecule has 0 aliphatic carbocycles. The summed E-state index contributed by atoms with van der Waals surface area (Å²) in [5.41, 5.74) is 0. The first-order valence-corrected chi connectivity index (χ1v) is 3.68. The molecule has 0 unspecified atom stereocenters. The molecule has 0 aromatic rings. The van der Waals surface area contributed by atoms with Crippen molar-refractivity contribution in [3.63, 3.8) is 0 Å². The normalized spacial score (nSPS) is 19.4. The van der Waals surface area contributed by atoms with Gasteiger partial charge in [-0.2, -0.15) is 0 Å². The molecule has 0 saturated carbocycles. The molecule has 2 N–H and O–H groups in total. The van der Waals surface area contributed by atoms with Crippen molar-refractivity contribution in [3.8, 4) is 0 Å². The fourth-order valence-corrected chi connectivity index (χ4v) is 1.14.